The Morgan fingerprint density at radius 1 is 1.26 bits per heavy atom. The van der Waals surface area contributed by atoms with E-state index in [4.69, 9.17) is 11.5 Å². The van der Waals surface area contributed by atoms with Crippen LogP contribution >= 0.6 is 0 Å². The molecule has 6 heteroatoms. The molecule has 3 rings (SSSR count). The van der Waals surface area contributed by atoms with Crippen LogP contribution in [0.1, 0.15) is 29.5 Å². The van der Waals surface area contributed by atoms with Gasteiger partial charge in [-0.25, -0.2) is 4.98 Å². The van der Waals surface area contributed by atoms with Crippen LogP contribution in [-0.2, 0) is 4.79 Å². The number of carbonyl (C=O) groups excluding carboxylic acids is 1. The van der Waals surface area contributed by atoms with Gasteiger partial charge in [-0.05, 0) is 66.8 Å². The standard InChI is InChI=1S/C21H25N5O/c1-13-3-6-17(24-2)11-18(13)16(12-22)9-19(23)15-7-8-25-20(10-15)26-21(27)14-4-5-14/h3,6-12,14,24H,4-5,22-23H2,1-2H3,(H,25,26,27)/b16-12+,19-9-. The van der Waals surface area contributed by atoms with Gasteiger partial charge in [0.2, 0.25) is 5.91 Å². The molecule has 1 aliphatic carbocycles. The van der Waals surface area contributed by atoms with Gasteiger partial charge < -0.3 is 22.1 Å². The summed E-state index contributed by atoms with van der Waals surface area (Å²) in [7, 11) is 1.87. The Balaban J connectivity index is 1.86. The summed E-state index contributed by atoms with van der Waals surface area (Å²) in [4.78, 5) is 16.1. The molecule has 1 saturated carbocycles. The maximum Gasteiger partial charge on any atom is 0.228 e. The summed E-state index contributed by atoms with van der Waals surface area (Å²) in [6.45, 7) is 2.03. The number of pyridine rings is 1. The van der Waals surface area contributed by atoms with E-state index in [1.54, 1.807) is 18.5 Å². The van der Waals surface area contributed by atoms with Gasteiger partial charge in [0.15, 0.2) is 0 Å². The van der Waals surface area contributed by atoms with E-state index in [1.807, 2.05) is 44.3 Å². The first-order valence-electron chi connectivity index (χ1n) is 8.97. The summed E-state index contributed by atoms with van der Waals surface area (Å²) in [6, 6.07) is 9.66. The number of anilines is 2. The summed E-state index contributed by atoms with van der Waals surface area (Å²) in [5, 5.41) is 5.97. The first kappa shape index (κ1) is 18.5. The third kappa shape index (κ3) is 4.47. The van der Waals surface area contributed by atoms with Crippen LogP contribution in [0.2, 0.25) is 0 Å². The number of amides is 1. The number of rotatable bonds is 6. The Hall–Kier alpha value is -3.28. The fourth-order valence-corrected chi connectivity index (χ4v) is 2.81. The summed E-state index contributed by atoms with van der Waals surface area (Å²) in [6.07, 6.45) is 6.92. The summed E-state index contributed by atoms with van der Waals surface area (Å²) in [5.74, 6) is 0.647. The molecule has 6 nitrogen and oxygen atoms in total. The van der Waals surface area contributed by atoms with Gasteiger partial charge in [0, 0.05) is 42.3 Å². The van der Waals surface area contributed by atoms with E-state index in [2.05, 4.69) is 15.6 Å². The number of nitrogens with one attached hydrogen (secondary N) is 2. The first-order valence-corrected chi connectivity index (χ1v) is 8.97. The Morgan fingerprint density at radius 2 is 2.04 bits per heavy atom. The van der Waals surface area contributed by atoms with E-state index in [-0.39, 0.29) is 11.8 Å². The number of carbonyl (C=O) groups is 1. The molecule has 1 heterocycles. The lowest BCUT2D eigenvalue weighted by molar-refractivity contribution is -0.117. The Bertz CT molecular complexity index is 913. The molecule has 2 aromatic rings. The number of hydrogen-bond acceptors (Lipinski definition) is 5. The van der Waals surface area contributed by atoms with E-state index < -0.39 is 0 Å². The van der Waals surface area contributed by atoms with Crippen molar-refractivity contribution in [3.63, 3.8) is 0 Å². The normalized spacial score (nSPS) is 14.7. The highest BCUT2D eigenvalue weighted by molar-refractivity contribution is 5.93. The third-order valence-electron chi connectivity index (χ3n) is 4.62. The molecular formula is C21H25N5O. The molecule has 1 aliphatic rings. The van der Waals surface area contributed by atoms with Crippen molar-refractivity contribution in [1.29, 1.82) is 0 Å². The largest absolute Gasteiger partial charge is 0.404 e. The molecule has 0 spiro atoms. The lowest BCUT2D eigenvalue weighted by atomic mass is 9.98. The number of allylic oxidation sites excluding steroid dienone is 2. The van der Waals surface area contributed by atoms with Crippen LogP contribution in [0.3, 0.4) is 0 Å². The zero-order chi connectivity index (χ0) is 19.4. The van der Waals surface area contributed by atoms with E-state index in [1.165, 1.54) is 0 Å². The van der Waals surface area contributed by atoms with Crippen molar-refractivity contribution in [3.05, 3.63) is 65.5 Å². The Labute approximate surface area is 159 Å². The quantitative estimate of drug-likeness (QED) is 0.590. The molecule has 6 N–H and O–H groups in total. The Kier molecular flexibility index (Phi) is 5.45. The van der Waals surface area contributed by atoms with Crippen LogP contribution in [-0.4, -0.2) is 17.9 Å². The fraction of sp³-hybridized carbons (Fsp3) is 0.238. The van der Waals surface area contributed by atoms with Crippen LogP contribution in [0.4, 0.5) is 11.5 Å². The summed E-state index contributed by atoms with van der Waals surface area (Å²) in [5.41, 5.74) is 17.4. The number of aryl methyl sites for hydroxylation is 1. The van der Waals surface area contributed by atoms with Crippen LogP contribution in [0.5, 0.6) is 0 Å². The zero-order valence-electron chi connectivity index (χ0n) is 15.6. The molecule has 0 saturated heterocycles. The van der Waals surface area contributed by atoms with Crippen LogP contribution < -0.4 is 22.1 Å². The second-order valence-corrected chi connectivity index (χ2v) is 6.69. The van der Waals surface area contributed by atoms with Gasteiger partial charge in [-0.3, -0.25) is 4.79 Å². The van der Waals surface area contributed by atoms with E-state index in [0.717, 1.165) is 40.8 Å². The second kappa shape index (κ2) is 7.95. The van der Waals surface area contributed by atoms with E-state index in [0.29, 0.717) is 11.5 Å². The molecule has 1 fully saturated rings. The van der Waals surface area contributed by atoms with Crippen LogP contribution in [0.15, 0.2) is 48.8 Å². The predicted molar refractivity (Wildman–Crippen MR) is 111 cm³/mol. The van der Waals surface area contributed by atoms with Crippen LogP contribution in [0, 0.1) is 12.8 Å². The molecule has 0 unspecified atom stereocenters. The molecule has 0 bridgehead atoms. The molecule has 27 heavy (non-hydrogen) atoms. The molecule has 0 radical (unpaired) electrons. The highest BCUT2D eigenvalue weighted by atomic mass is 16.2. The average molecular weight is 363 g/mol. The number of aromatic nitrogens is 1. The summed E-state index contributed by atoms with van der Waals surface area (Å²) < 4.78 is 0. The molecule has 1 aromatic carbocycles. The maximum absolute atomic E-state index is 11.9. The highest BCUT2D eigenvalue weighted by Gasteiger charge is 2.29. The smallest absolute Gasteiger partial charge is 0.228 e. The molecule has 0 aliphatic heterocycles. The topological polar surface area (TPSA) is 106 Å². The van der Waals surface area contributed by atoms with Gasteiger partial charge in [-0.1, -0.05) is 6.07 Å². The Morgan fingerprint density at radius 3 is 2.70 bits per heavy atom. The fourth-order valence-electron chi connectivity index (χ4n) is 2.81. The van der Waals surface area contributed by atoms with Gasteiger partial charge >= 0.3 is 0 Å². The predicted octanol–water partition coefficient (Wildman–Crippen LogP) is 3.08. The lowest BCUT2D eigenvalue weighted by Gasteiger charge is -2.11. The number of nitrogens with two attached hydrogens (primary N) is 2. The number of hydrogen-bond donors (Lipinski definition) is 4. The van der Waals surface area contributed by atoms with E-state index in [9.17, 15) is 4.79 Å². The van der Waals surface area contributed by atoms with Gasteiger partial charge in [0.05, 0.1) is 0 Å². The number of benzene rings is 1. The van der Waals surface area contributed by atoms with Crippen molar-refractivity contribution < 1.29 is 4.79 Å². The van der Waals surface area contributed by atoms with Gasteiger partial charge in [-0.15, -0.1) is 0 Å². The van der Waals surface area contributed by atoms with Gasteiger partial charge in [0.25, 0.3) is 0 Å². The SMILES string of the molecule is CNc1ccc(C)c(C(/C=C(\N)c2ccnc(NC(=O)C3CC3)c2)=C/N)c1. The van der Waals surface area contributed by atoms with Crippen molar-refractivity contribution in [2.24, 2.45) is 17.4 Å². The van der Waals surface area contributed by atoms with Crippen molar-refractivity contribution in [2.75, 3.05) is 17.7 Å². The molecule has 0 atom stereocenters. The number of nitrogens with zero attached hydrogens (tertiary/aromatic N) is 1. The molecule has 1 aromatic heterocycles. The average Bonchev–Trinajstić information content (AvgIpc) is 3.52. The van der Waals surface area contributed by atoms with Crippen molar-refractivity contribution in [2.45, 2.75) is 19.8 Å². The molecule has 140 valence electrons. The minimum absolute atomic E-state index is 0.0178. The first-order chi connectivity index (χ1) is 13.0. The van der Waals surface area contributed by atoms with Gasteiger partial charge in [-0.2, -0.15) is 0 Å². The van der Waals surface area contributed by atoms with Gasteiger partial charge in [0.1, 0.15) is 5.82 Å². The maximum atomic E-state index is 11.9. The van der Waals surface area contributed by atoms with Crippen LogP contribution in [0.25, 0.3) is 11.3 Å². The monoisotopic (exact) mass is 363 g/mol. The van der Waals surface area contributed by atoms with E-state index >= 15 is 0 Å². The van der Waals surface area contributed by atoms with Crippen molar-refractivity contribution in [3.8, 4) is 0 Å². The summed E-state index contributed by atoms with van der Waals surface area (Å²) >= 11 is 0. The minimum atomic E-state index is 0.0178. The lowest BCUT2D eigenvalue weighted by Crippen LogP contribution is -2.14. The second-order valence-electron chi connectivity index (χ2n) is 6.69. The molecule has 1 amide bonds. The zero-order valence-corrected chi connectivity index (χ0v) is 15.6. The highest BCUT2D eigenvalue weighted by Crippen LogP contribution is 2.30. The third-order valence-corrected chi connectivity index (χ3v) is 4.62. The van der Waals surface area contributed by atoms with Crippen molar-refractivity contribution >= 4 is 28.7 Å². The van der Waals surface area contributed by atoms with Crippen molar-refractivity contribution in [1.82, 2.24) is 4.98 Å². The molecular weight excluding hydrogens is 338 g/mol. The minimum Gasteiger partial charge on any atom is -0.404 e.